The van der Waals surface area contributed by atoms with Gasteiger partial charge in [-0.3, -0.25) is 5.43 Å². The third-order valence-electron chi connectivity index (χ3n) is 2.92. The predicted molar refractivity (Wildman–Crippen MR) is 74.6 cm³/mol. The average molecular weight is 283 g/mol. The molecule has 0 amide bonds. The van der Waals surface area contributed by atoms with Gasteiger partial charge < -0.3 is 19.4 Å². The van der Waals surface area contributed by atoms with Crippen LogP contribution in [0.1, 0.15) is 15.9 Å². The van der Waals surface area contributed by atoms with Crippen LogP contribution in [-0.2, 0) is 0 Å². The summed E-state index contributed by atoms with van der Waals surface area (Å²) in [6.45, 7) is 0.235. The maximum atomic E-state index is 10.6. The fourth-order valence-electron chi connectivity index (χ4n) is 1.86. The molecule has 0 saturated heterocycles. The summed E-state index contributed by atoms with van der Waals surface area (Å²) in [5.74, 6) is 0.209. The van der Waals surface area contributed by atoms with Gasteiger partial charge in [-0.2, -0.15) is 5.10 Å². The molecule has 0 aromatic heterocycles. The summed E-state index contributed by atoms with van der Waals surface area (Å²) in [6.07, 6.45) is 1.63. The number of carbonyl (C=O) groups excluding carboxylic acids is 1. The standard InChI is InChI=1S/C15H12N2O4/c18-15(19)11-2-4-12(5-3-11)17-16-8-10-1-6-13-14(7-10)21-9-20-13/h1-8,17H,9H2,(H,18,19)/p-1/b16-8-. The lowest BCUT2D eigenvalue weighted by Gasteiger charge is -2.04. The topological polar surface area (TPSA) is 83.0 Å². The van der Waals surface area contributed by atoms with Crippen molar-refractivity contribution in [3.8, 4) is 11.5 Å². The fourth-order valence-corrected chi connectivity index (χ4v) is 1.86. The molecule has 6 nitrogen and oxygen atoms in total. The minimum Gasteiger partial charge on any atom is -0.545 e. The molecule has 0 unspecified atom stereocenters. The number of carboxylic acids is 1. The van der Waals surface area contributed by atoms with Crippen LogP contribution in [0.15, 0.2) is 47.6 Å². The van der Waals surface area contributed by atoms with E-state index in [2.05, 4.69) is 10.5 Å². The zero-order valence-electron chi connectivity index (χ0n) is 10.9. The summed E-state index contributed by atoms with van der Waals surface area (Å²) in [6, 6.07) is 11.6. The Labute approximate surface area is 120 Å². The number of carboxylic acid groups (broad SMARTS) is 1. The molecule has 0 atom stereocenters. The lowest BCUT2D eigenvalue weighted by Crippen LogP contribution is -2.21. The molecule has 1 N–H and O–H groups in total. The van der Waals surface area contributed by atoms with E-state index in [0.29, 0.717) is 11.4 Å². The Morgan fingerprint density at radius 1 is 1.14 bits per heavy atom. The largest absolute Gasteiger partial charge is 0.545 e. The van der Waals surface area contributed by atoms with E-state index in [1.54, 1.807) is 18.3 Å². The van der Waals surface area contributed by atoms with Crippen molar-refractivity contribution >= 4 is 17.9 Å². The minimum atomic E-state index is -1.20. The summed E-state index contributed by atoms with van der Waals surface area (Å²) in [7, 11) is 0. The Bertz CT molecular complexity index is 695. The molecule has 0 fully saturated rings. The van der Waals surface area contributed by atoms with Crippen molar-refractivity contribution < 1.29 is 19.4 Å². The number of rotatable bonds is 4. The van der Waals surface area contributed by atoms with Crippen molar-refractivity contribution in [2.75, 3.05) is 12.2 Å². The zero-order valence-corrected chi connectivity index (χ0v) is 10.9. The average Bonchev–Trinajstić information content (AvgIpc) is 2.95. The van der Waals surface area contributed by atoms with Crippen molar-refractivity contribution in [1.29, 1.82) is 0 Å². The molecule has 0 aliphatic carbocycles. The number of anilines is 1. The van der Waals surface area contributed by atoms with Gasteiger partial charge in [-0.05, 0) is 41.5 Å². The third-order valence-corrected chi connectivity index (χ3v) is 2.92. The number of hydrogen-bond acceptors (Lipinski definition) is 6. The smallest absolute Gasteiger partial charge is 0.231 e. The zero-order chi connectivity index (χ0) is 14.7. The van der Waals surface area contributed by atoms with E-state index in [4.69, 9.17) is 9.47 Å². The normalized spacial score (nSPS) is 12.6. The molecule has 0 radical (unpaired) electrons. The van der Waals surface area contributed by atoms with Gasteiger partial charge in [0.25, 0.3) is 0 Å². The molecule has 21 heavy (non-hydrogen) atoms. The first-order valence-corrected chi connectivity index (χ1v) is 6.22. The highest BCUT2D eigenvalue weighted by Gasteiger charge is 2.12. The number of fused-ring (bicyclic) bond motifs is 1. The van der Waals surface area contributed by atoms with Gasteiger partial charge in [0.15, 0.2) is 11.5 Å². The SMILES string of the molecule is O=C([O-])c1ccc(N/N=C\c2ccc3c(c2)OCO3)cc1. The number of nitrogens with zero attached hydrogens (tertiary/aromatic N) is 1. The van der Waals surface area contributed by atoms with Crippen LogP contribution in [0.25, 0.3) is 0 Å². The first-order valence-electron chi connectivity index (χ1n) is 6.22. The number of carbonyl (C=O) groups is 1. The third kappa shape index (κ3) is 2.94. The molecule has 1 aliphatic heterocycles. The summed E-state index contributed by atoms with van der Waals surface area (Å²) in [5, 5.41) is 14.7. The Hall–Kier alpha value is -3.02. The Balaban J connectivity index is 1.65. The van der Waals surface area contributed by atoms with Gasteiger partial charge in [0.2, 0.25) is 6.79 Å². The van der Waals surface area contributed by atoms with Crippen molar-refractivity contribution in [3.63, 3.8) is 0 Å². The van der Waals surface area contributed by atoms with E-state index in [-0.39, 0.29) is 12.4 Å². The van der Waals surface area contributed by atoms with Crippen LogP contribution in [-0.4, -0.2) is 19.0 Å². The lowest BCUT2D eigenvalue weighted by molar-refractivity contribution is -0.255. The second-order valence-electron chi connectivity index (χ2n) is 4.35. The van der Waals surface area contributed by atoms with Crippen LogP contribution in [0.2, 0.25) is 0 Å². The number of hydrazone groups is 1. The summed E-state index contributed by atoms with van der Waals surface area (Å²) in [5.41, 5.74) is 4.47. The Morgan fingerprint density at radius 2 is 1.90 bits per heavy atom. The molecule has 0 spiro atoms. The van der Waals surface area contributed by atoms with Crippen molar-refractivity contribution in [3.05, 3.63) is 53.6 Å². The van der Waals surface area contributed by atoms with E-state index >= 15 is 0 Å². The van der Waals surface area contributed by atoms with Crippen LogP contribution in [0.4, 0.5) is 5.69 Å². The second-order valence-corrected chi connectivity index (χ2v) is 4.35. The Kier molecular flexibility index (Phi) is 3.42. The first-order chi connectivity index (χ1) is 10.2. The van der Waals surface area contributed by atoms with Gasteiger partial charge in [0, 0.05) is 0 Å². The van der Waals surface area contributed by atoms with Gasteiger partial charge in [0.1, 0.15) is 0 Å². The molecule has 1 aliphatic rings. The van der Waals surface area contributed by atoms with Gasteiger partial charge in [-0.1, -0.05) is 12.1 Å². The summed E-state index contributed by atoms with van der Waals surface area (Å²) in [4.78, 5) is 10.6. The van der Waals surface area contributed by atoms with Gasteiger partial charge >= 0.3 is 0 Å². The van der Waals surface area contributed by atoms with Crippen LogP contribution in [0, 0.1) is 0 Å². The number of ether oxygens (including phenoxy) is 2. The van der Waals surface area contributed by atoms with Crippen LogP contribution in [0.5, 0.6) is 11.5 Å². The Morgan fingerprint density at radius 3 is 2.67 bits per heavy atom. The van der Waals surface area contributed by atoms with Crippen molar-refractivity contribution in [2.24, 2.45) is 5.10 Å². The molecular weight excluding hydrogens is 272 g/mol. The molecule has 2 aromatic rings. The number of aromatic carboxylic acids is 1. The van der Waals surface area contributed by atoms with E-state index < -0.39 is 5.97 Å². The van der Waals surface area contributed by atoms with E-state index in [1.165, 1.54) is 12.1 Å². The quantitative estimate of drug-likeness (QED) is 0.674. The van der Waals surface area contributed by atoms with Crippen molar-refractivity contribution in [1.82, 2.24) is 0 Å². The highest BCUT2D eigenvalue weighted by atomic mass is 16.7. The van der Waals surface area contributed by atoms with E-state index in [0.717, 1.165) is 11.3 Å². The second kappa shape index (κ2) is 5.54. The summed E-state index contributed by atoms with van der Waals surface area (Å²) < 4.78 is 10.5. The molecule has 1 heterocycles. The fraction of sp³-hybridized carbons (Fsp3) is 0.0667. The van der Waals surface area contributed by atoms with Crippen LogP contribution < -0.4 is 20.0 Å². The highest BCUT2D eigenvalue weighted by Crippen LogP contribution is 2.31. The first kappa shape index (κ1) is 13.0. The maximum absolute atomic E-state index is 10.6. The molecule has 2 aromatic carbocycles. The van der Waals surface area contributed by atoms with Crippen molar-refractivity contribution in [2.45, 2.75) is 0 Å². The van der Waals surface area contributed by atoms with Gasteiger partial charge in [-0.15, -0.1) is 0 Å². The minimum absolute atomic E-state index is 0.125. The molecule has 0 bridgehead atoms. The number of nitrogens with one attached hydrogen (secondary N) is 1. The highest BCUT2D eigenvalue weighted by molar-refractivity contribution is 5.86. The number of benzene rings is 2. The van der Waals surface area contributed by atoms with E-state index in [9.17, 15) is 9.90 Å². The number of hydrogen-bond donors (Lipinski definition) is 1. The molecule has 3 rings (SSSR count). The predicted octanol–water partition coefficient (Wildman–Crippen LogP) is 1.22. The van der Waals surface area contributed by atoms with E-state index in [1.807, 2.05) is 18.2 Å². The van der Waals surface area contributed by atoms with Gasteiger partial charge in [-0.25, -0.2) is 0 Å². The molecular formula is C15H11N2O4-. The van der Waals surface area contributed by atoms with Crippen LogP contribution in [0.3, 0.4) is 0 Å². The summed E-state index contributed by atoms with van der Waals surface area (Å²) >= 11 is 0. The van der Waals surface area contributed by atoms with Gasteiger partial charge in [0.05, 0.1) is 17.9 Å². The molecule has 106 valence electrons. The van der Waals surface area contributed by atoms with Crippen LogP contribution >= 0.6 is 0 Å². The molecule has 6 heteroatoms. The monoisotopic (exact) mass is 283 g/mol. The maximum Gasteiger partial charge on any atom is 0.231 e. The lowest BCUT2D eigenvalue weighted by atomic mass is 10.2. The molecule has 0 saturated carbocycles.